The number of hydrazine groups is 1. The van der Waals surface area contributed by atoms with E-state index in [1.54, 1.807) is 0 Å². The highest BCUT2D eigenvalue weighted by molar-refractivity contribution is 6.32. The number of nitrogens with two attached hydrogens (primary N) is 1. The van der Waals surface area contributed by atoms with Crippen LogP contribution in [0.25, 0.3) is 11.0 Å². The van der Waals surface area contributed by atoms with Crippen LogP contribution in [0.2, 0.25) is 5.02 Å². The molecule has 0 radical (unpaired) electrons. The summed E-state index contributed by atoms with van der Waals surface area (Å²) in [6.45, 7) is -0.140. The third-order valence-electron chi connectivity index (χ3n) is 4.21. The number of nitrogens with zero attached hydrogens (tertiary/aromatic N) is 3. The maximum Gasteiger partial charge on any atom is 0.417 e. The fourth-order valence-electron chi connectivity index (χ4n) is 2.75. The molecule has 0 aliphatic rings. The predicted molar refractivity (Wildman–Crippen MR) is 102 cm³/mol. The molecule has 14 heteroatoms. The van der Waals surface area contributed by atoms with Gasteiger partial charge in [-0.15, -0.1) is 0 Å². The highest BCUT2D eigenvalue weighted by Gasteiger charge is 2.32. The maximum absolute atomic E-state index is 13.0. The Bertz CT molecular complexity index is 1180. The molecule has 0 unspecified atom stereocenters. The van der Waals surface area contributed by atoms with E-state index in [-0.39, 0.29) is 40.8 Å². The Hall–Kier alpha value is -3.06. The molecule has 1 aromatic carbocycles. The van der Waals surface area contributed by atoms with Gasteiger partial charge in [0.2, 0.25) is 5.82 Å². The van der Waals surface area contributed by atoms with E-state index in [1.165, 1.54) is 0 Å². The molecule has 31 heavy (non-hydrogen) atoms. The largest absolute Gasteiger partial charge is 0.417 e. The summed E-state index contributed by atoms with van der Waals surface area (Å²) in [5, 5.41) is 2.39. The number of aromatic nitrogens is 3. The Balaban J connectivity index is 1.89. The van der Waals surface area contributed by atoms with Crippen molar-refractivity contribution in [1.29, 1.82) is 0 Å². The first-order valence-electron chi connectivity index (χ1n) is 8.47. The van der Waals surface area contributed by atoms with E-state index in [1.807, 2.05) is 5.43 Å². The Morgan fingerprint density at radius 3 is 2.29 bits per heavy atom. The number of alkyl halides is 6. The van der Waals surface area contributed by atoms with Crippen molar-refractivity contribution in [2.75, 3.05) is 17.3 Å². The molecule has 2 aromatic heterocycles. The average molecular weight is 467 g/mol. The van der Waals surface area contributed by atoms with Gasteiger partial charge in [0.05, 0.1) is 27.2 Å². The van der Waals surface area contributed by atoms with Gasteiger partial charge < -0.3 is 15.3 Å². The Kier molecular flexibility index (Phi) is 6.00. The van der Waals surface area contributed by atoms with Gasteiger partial charge in [0.15, 0.2) is 0 Å². The number of nitrogens with one attached hydrogen (secondary N) is 2. The van der Waals surface area contributed by atoms with Crippen molar-refractivity contribution in [2.45, 2.75) is 18.9 Å². The van der Waals surface area contributed by atoms with E-state index < -0.39 is 29.0 Å². The summed E-state index contributed by atoms with van der Waals surface area (Å²) in [6, 6.07) is 3.36. The first kappa shape index (κ1) is 22.6. The fourth-order valence-corrected chi connectivity index (χ4v) is 2.98. The van der Waals surface area contributed by atoms with Crippen LogP contribution in [0.15, 0.2) is 35.3 Å². The van der Waals surface area contributed by atoms with Crippen molar-refractivity contribution in [3.05, 3.63) is 57.0 Å². The summed E-state index contributed by atoms with van der Waals surface area (Å²) in [5.41, 5.74) is -0.685. The topological polar surface area (TPSA) is 97.9 Å². The summed E-state index contributed by atoms with van der Waals surface area (Å²) < 4.78 is 78.1. The number of halogens is 7. The van der Waals surface area contributed by atoms with Gasteiger partial charge in [-0.3, -0.25) is 4.79 Å². The summed E-state index contributed by atoms with van der Waals surface area (Å²) in [4.78, 5) is 19.9. The van der Waals surface area contributed by atoms with Crippen molar-refractivity contribution in [1.82, 2.24) is 14.5 Å². The molecule has 0 saturated carbocycles. The predicted octanol–water partition coefficient (Wildman–Crippen LogP) is 3.88. The van der Waals surface area contributed by atoms with Crippen LogP contribution in [0.3, 0.4) is 0 Å². The Morgan fingerprint density at radius 2 is 1.71 bits per heavy atom. The third kappa shape index (κ3) is 4.82. The van der Waals surface area contributed by atoms with E-state index in [4.69, 9.17) is 17.4 Å². The van der Waals surface area contributed by atoms with Crippen molar-refractivity contribution in [3.63, 3.8) is 0 Å². The zero-order valence-electron chi connectivity index (χ0n) is 15.3. The van der Waals surface area contributed by atoms with Crippen LogP contribution in [-0.4, -0.2) is 21.1 Å². The Morgan fingerprint density at radius 1 is 1.03 bits per heavy atom. The molecule has 2 heterocycles. The smallest absolute Gasteiger partial charge is 0.367 e. The van der Waals surface area contributed by atoms with E-state index in [9.17, 15) is 31.1 Å². The first-order valence-corrected chi connectivity index (χ1v) is 8.84. The van der Waals surface area contributed by atoms with E-state index in [0.717, 1.165) is 22.8 Å². The van der Waals surface area contributed by atoms with Crippen LogP contribution in [0.5, 0.6) is 0 Å². The summed E-state index contributed by atoms with van der Waals surface area (Å²) in [5.74, 6) is 4.81. The molecular formula is C17H13ClF6N6O. The second-order valence-electron chi connectivity index (χ2n) is 6.24. The maximum atomic E-state index is 13.0. The van der Waals surface area contributed by atoms with Crippen LogP contribution in [0, 0.1) is 0 Å². The lowest BCUT2D eigenvalue weighted by atomic mass is 10.2. The van der Waals surface area contributed by atoms with Gasteiger partial charge in [-0.25, -0.2) is 15.8 Å². The van der Waals surface area contributed by atoms with Crippen molar-refractivity contribution < 1.29 is 26.3 Å². The molecule has 3 rings (SSSR count). The van der Waals surface area contributed by atoms with Crippen LogP contribution in [0.4, 0.5) is 38.0 Å². The first-order chi connectivity index (χ1) is 14.4. The lowest BCUT2D eigenvalue weighted by Gasteiger charge is -2.15. The lowest BCUT2D eigenvalue weighted by molar-refractivity contribution is -0.138. The van der Waals surface area contributed by atoms with Crippen LogP contribution >= 0.6 is 11.6 Å². The van der Waals surface area contributed by atoms with Gasteiger partial charge in [0, 0.05) is 19.3 Å². The number of pyridine rings is 1. The van der Waals surface area contributed by atoms with Crippen molar-refractivity contribution in [3.8, 4) is 0 Å². The second kappa shape index (κ2) is 8.23. The highest BCUT2D eigenvalue weighted by atomic mass is 35.5. The molecule has 0 aliphatic carbocycles. The average Bonchev–Trinajstić information content (AvgIpc) is 2.68. The molecule has 0 fully saturated rings. The van der Waals surface area contributed by atoms with E-state index in [2.05, 4.69) is 15.3 Å². The molecule has 0 saturated heterocycles. The summed E-state index contributed by atoms with van der Waals surface area (Å²) in [6.07, 6.45) is -8.63. The third-order valence-corrected chi connectivity index (χ3v) is 4.49. The van der Waals surface area contributed by atoms with Crippen LogP contribution < -0.4 is 22.1 Å². The van der Waals surface area contributed by atoms with Gasteiger partial charge in [-0.2, -0.15) is 26.3 Å². The second-order valence-corrected chi connectivity index (χ2v) is 6.65. The van der Waals surface area contributed by atoms with Crippen LogP contribution in [0.1, 0.15) is 11.1 Å². The molecule has 3 aromatic rings. The quantitative estimate of drug-likeness (QED) is 0.300. The van der Waals surface area contributed by atoms with Crippen molar-refractivity contribution >= 4 is 34.3 Å². The number of fused-ring (bicyclic) bond motifs is 1. The minimum absolute atomic E-state index is 0.0395. The molecule has 4 N–H and O–H groups in total. The van der Waals surface area contributed by atoms with E-state index in [0.29, 0.717) is 12.3 Å². The zero-order chi connectivity index (χ0) is 23.0. The SMILES string of the molecule is NNc1nc2cc(C(F)(F)F)ccc2n(CCNc2ncc(C(F)(F)F)cc2Cl)c1=O. The molecular weight excluding hydrogens is 454 g/mol. The number of hydrogen-bond acceptors (Lipinski definition) is 6. The Labute approximate surface area is 174 Å². The van der Waals surface area contributed by atoms with Gasteiger partial charge in [-0.1, -0.05) is 11.6 Å². The molecule has 0 spiro atoms. The minimum Gasteiger partial charge on any atom is -0.367 e. The zero-order valence-corrected chi connectivity index (χ0v) is 16.0. The number of nitrogen functional groups attached to an aromatic ring is 1. The van der Waals surface area contributed by atoms with Gasteiger partial charge >= 0.3 is 12.4 Å². The molecule has 0 bridgehead atoms. The highest BCUT2D eigenvalue weighted by Crippen LogP contribution is 2.33. The van der Waals surface area contributed by atoms with E-state index >= 15 is 0 Å². The summed E-state index contributed by atoms with van der Waals surface area (Å²) >= 11 is 5.81. The number of rotatable bonds is 5. The molecule has 0 atom stereocenters. The number of benzene rings is 1. The molecule has 0 amide bonds. The summed E-state index contributed by atoms with van der Waals surface area (Å²) in [7, 11) is 0. The van der Waals surface area contributed by atoms with Crippen molar-refractivity contribution in [2.24, 2.45) is 5.84 Å². The monoisotopic (exact) mass is 466 g/mol. The van der Waals surface area contributed by atoms with Gasteiger partial charge in [-0.05, 0) is 24.3 Å². The minimum atomic E-state index is -4.61. The normalized spacial score (nSPS) is 12.3. The standard InChI is InChI=1S/C17H13ClF6N6O/c18-10-5-9(17(22,23)24)7-27-13(10)26-3-4-30-12-2-1-8(16(19,20)21)6-11(12)28-14(29-25)15(30)31/h1-2,5-7H,3-4,25H2,(H,26,27)(H,28,29). The van der Waals surface area contributed by atoms with Gasteiger partial charge in [0.1, 0.15) is 5.82 Å². The lowest BCUT2D eigenvalue weighted by Crippen LogP contribution is -2.29. The number of anilines is 2. The fraction of sp³-hybridized carbons (Fsp3) is 0.235. The number of hydrogen-bond donors (Lipinski definition) is 3. The van der Waals surface area contributed by atoms with Gasteiger partial charge in [0.25, 0.3) is 5.56 Å². The van der Waals surface area contributed by atoms with Crippen LogP contribution in [-0.2, 0) is 18.9 Å². The molecule has 0 aliphatic heterocycles. The molecule has 166 valence electrons. The molecule has 7 nitrogen and oxygen atoms in total.